The van der Waals surface area contributed by atoms with Crippen molar-refractivity contribution < 1.29 is 124 Å². The van der Waals surface area contributed by atoms with Gasteiger partial charge in [0.05, 0.1) is 56.8 Å². The number of methoxy groups -OCH3 is 2. The molecule has 0 aliphatic carbocycles. The molecule has 4 aromatic carbocycles. The van der Waals surface area contributed by atoms with E-state index < -0.39 is 170 Å². The number of rotatable bonds is 18. The lowest BCUT2D eigenvalue weighted by atomic mass is 10.1. The molecule has 12 N–H and O–H groups in total. The Morgan fingerprint density at radius 1 is 0.410 bits per heavy atom. The van der Waals surface area contributed by atoms with E-state index in [1.165, 1.54) is 50.6 Å². The number of hydrogen-bond acceptors (Lipinski definition) is 26. The number of anilines is 4. The predicted octanol–water partition coefficient (Wildman–Crippen LogP) is 6.03. The summed E-state index contributed by atoms with van der Waals surface area (Å²) in [6.45, 7) is 3.61. The number of alkyl halides is 8. The van der Waals surface area contributed by atoms with Crippen molar-refractivity contribution in [2.24, 2.45) is 0 Å². The van der Waals surface area contributed by atoms with E-state index in [-0.39, 0.29) is 73.8 Å². The van der Waals surface area contributed by atoms with Gasteiger partial charge in [-0.3, -0.25) is 37.4 Å². The molecule has 0 bridgehead atoms. The second-order valence-electron chi connectivity index (χ2n) is 25.7. The van der Waals surface area contributed by atoms with Crippen molar-refractivity contribution in [2.75, 3.05) is 61.9 Å². The molecular weight excluding hydrogens is 1670 g/mol. The Labute approximate surface area is 674 Å². The van der Waals surface area contributed by atoms with Gasteiger partial charge in [-0.15, -0.1) is 0 Å². The maximum absolute atomic E-state index is 14.3. The molecule has 46 heteroatoms. The number of halogens is 12. The highest BCUT2D eigenvalue weighted by Gasteiger charge is 2.63. The lowest BCUT2D eigenvalue weighted by molar-refractivity contribution is -0.141. The highest BCUT2D eigenvalue weighted by molar-refractivity contribution is 6.37. The molecule has 12 rings (SSSR count). The Morgan fingerprint density at radius 3 is 1.01 bits per heavy atom. The smallest absolute Gasteiger partial charge is 0.351 e. The van der Waals surface area contributed by atoms with E-state index in [0.717, 1.165) is 65.7 Å². The minimum atomic E-state index is -3.84. The summed E-state index contributed by atoms with van der Waals surface area (Å²) in [6.07, 6.45) is -20.2. The molecule has 8 aromatic rings. The third kappa shape index (κ3) is 19.7. The molecule has 4 aliphatic heterocycles. The molecule has 0 spiro atoms. The summed E-state index contributed by atoms with van der Waals surface area (Å²) in [7, 11) is 2.79. The molecule has 117 heavy (non-hydrogen) atoms. The van der Waals surface area contributed by atoms with Gasteiger partial charge in [-0.05, 0) is 117 Å². The van der Waals surface area contributed by atoms with Crippen LogP contribution in [-0.4, -0.2) is 216 Å². The zero-order valence-corrected chi connectivity index (χ0v) is 63.6. The molecule has 4 aliphatic rings. The second-order valence-corrected chi connectivity index (χ2v) is 27.3. The van der Waals surface area contributed by atoms with Crippen LogP contribution in [-0.2, 0) is 18.9 Å². The molecule has 4 amide bonds. The third-order valence-corrected chi connectivity index (χ3v) is 19.3. The molecule has 0 radical (unpaired) electrons. The summed E-state index contributed by atoms with van der Waals surface area (Å²) >= 11 is 24.0. The van der Waals surface area contributed by atoms with Gasteiger partial charge in [0.25, 0.3) is 23.6 Å². The number of carbonyl (C=O) groups is 4. The van der Waals surface area contributed by atoms with Gasteiger partial charge in [0.2, 0.25) is 24.9 Å². The van der Waals surface area contributed by atoms with Crippen LogP contribution in [0.5, 0.6) is 11.5 Å². The van der Waals surface area contributed by atoms with Gasteiger partial charge in [0.15, 0.2) is 35.9 Å². The highest BCUT2D eigenvalue weighted by atomic mass is 35.5. The fourth-order valence-electron chi connectivity index (χ4n) is 11.5. The van der Waals surface area contributed by atoms with Crippen LogP contribution in [0.15, 0.2) is 129 Å². The van der Waals surface area contributed by atoms with Crippen LogP contribution in [0.1, 0.15) is 96.0 Å². The van der Waals surface area contributed by atoms with Gasteiger partial charge in [-0.1, -0.05) is 72.0 Å². The Bertz CT molecular complexity index is 5250. The number of aromatic nitrogens is 8. The summed E-state index contributed by atoms with van der Waals surface area (Å²) in [5.41, 5.74) is -1.03. The zero-order chi connectivity index (χ0) is 85.7. The molecule has 4 aromatic heterocycles. The standard InChI is InChI=1S/C19H21F2N3O7.C17H15Cl2F2N3O5.2C17H16ClF2N3O5.CH4/c1-9-4-5-10(14(30-3)13(9)29-2)16(27)22-12-6-7-24(18(28)23-12)17-19(20,21)15(26)11(8-25)31-17;1-7-9(18)4-8(5-10(7)19)14(27)22-12-2-3-24(16(28)23-12)15-17(20,21)13(26)11(6-25)29-15;1-8-2-3-9(6-10(8)18)14(26)21-12-4-5-23(16(27)22-12)15-17(19,20)13(25)11(7-24)28-15;1-8-2-3-9(10(18)6-8)14(26)21-12-4-5-23(16(27)22-12)15-17(19,20)13(25)11(7-24)28-15;/h4-7,11,15,17,25-26H,8H2,1-3H3,(H,22,23,27,28);2-5,11,13,15,25-26H,6H2,1H3,(H,22,23,27,28);2*2-6,11,13,15,24-25H,7H2,1H3,(H,21,22,26,27);1H4/t11-,15-,17?;3*11-,13-,15?;/m1111./s1. The number of amides is 4. The topological polar surface area (TPSA) is 473 Å². The summed E-state index contributed by atoms with van der Waals surface area (Å²) in [4.78, 5) is 113. The number of aliphatic hydroxyl groups excluding tert-OH is 8. The molecule has 0 saturated carbocycles. The van der Waals surface area contributed by atoms with Gasteiger partial charge in [-0.25, -0.2) is 19.2 Å². The molecule has 4 unspecified atom stereocenters. The molecule has 12 atom stereocenters. The lowest BCUT2D eigenvalue weighted by Crippen LogP contribution is -2.41. The molecule has 4 saturated heterocycles. The molecule has 8 heterocycles. The van der Waals surface area contributed by atoms with E-state index in [1.807, 2.05) is 0 Å². The maximum atomic E-state index is 14.3. The number of nitrogens with zero attached hydrogens (tertiary/aromatic N) is 8. The van der Waals surface area contributed by atoms with Gasteiger partial charge in [0, 0.05) is 51.0 Å². The van der Waals surface area contributed by atoms with Crippen molar-refractivity contribution in [3.63, 3.8) is 0 Å². The molecule has 4 fully saturated rings. The molecule has 34 nitrogen and oxygen atoms in total. The van der Waals surface area contributed by atoms with Crippen molar-refractivity contribution in [1.82, 2.24) is 38.2 Å². The van der Waals surface area contributed by atoms with Gasteiger partial charge < -0.3 is 90.5 Å². The van der Waals surface area contributed by atoms with E-state index in [9.17, 15) is 93.9 Å². The van der Waals surface area contributed by atoms with Crippen LogP contribution in [0.4, 0.5) is 58.4 Å². The summed E-state index contributed by atoms with van der Waals surface area (Å²) < 4.78 is 145. The highest BCUT2D eigenvalue weighted by Crippen LogP contribution is 2.46. The summed E-state index contributed by atoms with van der Waals surface area (Å²) in [5, 5.41) is 84.9. The van der Waals surface area contributed by atoms with Crippen molar-refractivity contribution in [3.05, 3.63) is 216 Å². The molecule has 632 valence electrons. The number of aliphatic hydroxyl groups is 8. The largest absolute Gasteiger partial charge is 0.493 e. The van der Waals surface area contributed by atoms with E-state index in [4.69, 9.17) is 95.3 Å². The quantitative estimate of drug-likeness (QED) is 0.0436. The monoisotopic (exact) mass is 1740 g/mol. The van der Waals surface area contributed by atoms with Crippen molar-refractivity contribution in [3.8, 4) is 11.5 Å². The summed E-state index contributed by atoms with van der Waals surface area (Å²) in [6, 6.07) is 19.8. The van der Waals surface area contributed by atoms with Crippen molar-refractivity contribution in [1.29, 1.82) is 0 Å². The first-order valence-corrected chi connectivity index (χ1v) is 35.1. The van der Waals surface area contributed by atoms with Crippen molar-refractivity contribution in [2.45, 2.75) is 133 Å². The minimum Gasteiger partial charge on any atom is -0.493 e. The van der Waals surface area contributed by atoms with Crippen LogP contribution < -0.4 is 53.5 Å². The Hall–Kier alpha value is -10.0. The number of benzene rings is 4. The minimum absolute atomic E-state index is 0. The maximum Gasteiger partial charge on any atom is 0.351 e. The van der Waals surface area contributed by atoms with Gasteiger partial charge in [0.1, 0.15) is 47.7 Å². The predicted molar refractivity (Wildman–Crippen MR) is 398 cm³/mol. The first-order valence-electron chi connectivity index (χ1n) is 33.6. The molecular formula is C71H72Cl4F8N12O22. The van der Waals surface area contributed by atoms with Crippen LogP contribution in [0.2, 0.25) is 20.1 Å². The number of carbonyl (C=O) groups excluding carboxylic acids is 4. The number of nitrogens with one attached hydrogen (secondary N) is 4. The van der Waals surface area contributed by atoms with Crippen LogP contribution in [0.25, 0.3) is 0 Å². The van der Waals surface area contributed by atoms with Crippen molar-refractivity contribution >= 4 is 93.3 Å². The normalized spacial score (nSPS) is 22.9. The zero-order valence-electron chi connectivity index (χ0n) is 60.6. The Balaban J connectivity index is 0.000000194. The van der Waals surface area contributed by atoms with E-state index in [0.29, 0.717) is 34.6 Å². The average Bonchev–Trinajstić information content (AvgIpc) is 1.64. The van der Waals surface area contributed by atoms with E-state index in [2.05, 4.69) is 41.2 Å². The third-order valence-electron chi connectivity index (χ3n) is 17.8. The number of aryl methyl sites for hydroxylation is 3. The Kier molecular flexibility index (Phi) is 29.8. The average molecular weight is 1740 g/mol. The van der Waals surface area contributed by atoms with E-state index >= 15 is 0 Å². The van der Waals surface area contributed by atoms with E-state index in [1.54, 1.807) is 52.0 Å². The number of hydrogen-bond donors (Lipinski definition) is 12. The van der Waals surface area contributed by atoms with Gasteiger partial charge >= 0.3 is 46.4 Å². The second kappa shape index (κ2) is 37.7. The first-order chi connectivity index (χ1) is 54.5. The SMILES string of the molecule is C.COc1c(C)ccc(C(=O)Nc2ccn(C3O[C@H](CO)[C@@H](O)C3(F)F)c(=O)n2)c1OC.Cc1c(Cl)cc(C(=O)Nc2ccn(C3O[C@H](CO)[C@@H](O)C3(F)F)c(=O)n2)cc1Cl.Cc1ccc(C(=O)Nc2ccn(C3O[C@H](CO)[C@@H](O)C3(F)F)c(=O)n2)c(Cl)c1.Cc1ccc(C(=O)Nc2ccn(C3O[C@H](CO)[C@@H](O)C3(F)F)c(=O)n2)cc1Cl. The van der Waals surface area contributed by atoms with Gasteiger partial charge in [-0.2, -0.15) is 55.1 Å². The fraction of sp³-hybridized carbons (Fsp3) is 0.380. The first kappa shape index (κ1) is 92.5. The fourth-order valence-corrected chi connectivity index (χ4v) is 12.5. The number of ether oxygens (including phenoxy) is 6. The van der Waals surface area contributed by atoms with Crippen LogP contribution >= 0.6 is 46.4 Å². The summed E-state index contributed by atoms with van der Waals surface area (Å²) in [5.74, 6) is -18.1. The van der Waals surface area contributed by atoms with Crippen LogP contribution in [0.3, 0.4) is 0 Å². The lowest BCUT2D eigenvalue weighted by Gasteiger charge is -2.21. The Morgan fingerprint density at radius 2 is 0.709 bits per heavy atom. The van der Waals surface area contributed by atoms with Crippen LogP contribution in [0, 0.1) is 27.7 Å².